The maximum Gasteiger partial charge on any atom is 0.334 e. The Hall–Kier alpha value is -1.81. The van der Waals surface area contributed by atoms with Gasteiger partial charge in [-0.15, -0.1) is 0 Å². The summed E-state index contributed by atoms with van der Waals surface area (Å²) < 4.78 is 1.06. The largest absolute Gasteiger partial charge is 0.334 e. The molecule has 1 aromatic heterocycles. The highest BCUT2D eigenvalue weighted by Crippen LogP contribution is 2.08. The molecule has 0 saturated carbocycles. The number of hydrogen-bond acceptors (Lipinski definition) is 2. The van der Waals surface area contributed by atoms with Gasteiger partial charge in [-0.3, -0.25) is 9.78 Å². The van der Waals surface area contributed by atoms with Crippen LogP contribution in [-0.4, -0.2) is 9.55 Å². The van der Waals surface area contributed by atoms with Crippen molar-refractivity contribution >= 4 is 11.6 Å². The van der Waals surface area contributed by atoms with E-state index in [0.29, 0.717) is 5.69 Å². The van der Waals surface area contributed by atoms with E-state index in [1.165, 1.54) is 11.6 Å². The van der Waals surface area contributed by atoms with E-state index in [2.05, 4.69) is 11.9 Å². The molecule has 18 heavy (non-hydrogen) atoms. The molecule has 0 radical (unpaired) electrons. The number of aromatic amines is 1. The zero-order valence-electron chi connectivity index (χ0n) is 9.94. The minimum absolute atomic E-state index is 0.0452. The third-order valence-electron chi connectivity index (χ3n) is 2.63. The van der Waals surface area contributed by atoms with Crippen LogP contribution in [0.5, 0.6) is 0 Å². The van der Waals surface area contributed by atoms with Crippen LogP contribution in [-0.2, 0) is 6.42 Å². The molecule has 5 heteroatoms. The highest BCUT2D eigenvalue weighted by atomic mass is 35.5. The second kappa shape index (κ2) is 5.23. The molecular weight excluding hydrogens is 252 g/mol. The van der Waals surface area contributed by atoms with Crippen LogP contribution in [0.15, 0.2) is 39.9 Å². The third kappa shape index (κ3) is 2.54. The van der Waals surface area contributed by atoms with Gasteiger partial charge in [-0.2, -0.15) is 0 Å². The van der Waals surface area contributed by atoms with E-state index in [9.17, 15) is 9.59 Å². The monoisotopic (exact) mass is 264 g/mol. The Morgan fingerprint density at radius 2 is 1.89 bits per heavy atom. The lowest BCUT2D eigenvalue weighted by Crippen LogP contribution is -2.32. The van der Waals surface area contributed by atoms with Crippen LogP contribution in [0.3, 0.4) is 0 Å². The summed E-state index contributed by atoms with van der Waals surface area (Å²) in [6, 6.07) is 8.53. The van der Waals surface area contributed by atoms with Crippen LogP contribution in [0.4, 0.5) is 0 Å². The highest BCUT2D eigenvalue weighted by molar-refractivity contribution is 6.29. The van der Waals surface area contributed by atoms with E-state index >= 15 is 0 Å². The molecule has 0 unspecified atom stereocenters. The van der Waals surface area contributed by atoms with Gasteiger partial charge in [0.1, 0.15) is 5.15 Å². The van der Waals surface area contributed by atoms with Crippen LogP contribution in [0.25, 0.3) is 5.69 Å². The van der Waals surface area contributed by atoms with Gasteiger partial charge in [-0.25, -0.2) is 9.36 Å². The van der Waals surface area contributed by atoms with E-state index < -0.39 is 11.2 Å². The maximum absolute atomic E-state index is 11.7. The Morgan fingerprint density at radius 3 is 2.44 bits per heavy atom. The molecule has 0 atom stereocenters. The Kier molecular flexibility index (Phi) is 3.67. The predicted molar refractivity (Wildman–Crippen MR) is 71.7 cm³/mol. The fraction of sp³-hybridized carbons (Fsp3) is 0.231. The van der Waals surface area contributed by atoms with E-state index in [-0.39, 0.29) is 5.15 Å². The Morgan fingerprint density at radius 1 is 1.22 bits per heavy atom. The van der Waals surface area contributed by atoms with Gasteiger partial charge >= 0.3 is 5.69 Å². The minimum atomic E-state index is -0.532. The quantitative estimate of drug-likeness (QED) is 0.864. The number of halogens is 1. The third-order valence-corrected chi connectivity index (χ3v) is 2.84. The number of rotatable bonds is 3. The second-order valence-corrected chi connectivity index (χ2v) is 4.42. The van der Waals surface area contributed by atoms with Gasteiger partial charge in [0, 0.05) is 6.07 Å². The summed E-state index contributed by atoms with van der Waals surface area (Å²) in [4.78, 5) is 25.8. The molecule has 1 aromatic carbocycles. The summed E-state index contributed by atoms with van der Waals surface area (Å²) in [5.41, 5.74) is 0.750. The average Bonchev–Trinajstić information content (AvgIpc) is 2.30. The predicted octanol–water partition coefficient (Wildman–Crippen LogP) is 2.13. The van der Waals surface area contributed by atoms with E-state index in [4.69, 9.17) is 11.6 Å². The standard InChI is InChI=1S/C13H13ClN2O2/c1-2-3-9-4-6-10(7-5-9)16-12(17)8-11(14)15-13(16)18/h4-8H,2-3H2,1H3,(H,15,18). The zero-order chi connectivity index (χ0) is 13.1. The molecule has 0 saturated heterocycles. The normalized spacial score (nSPS) is 10.6. The lowest BCUT2D eigenvalue weighted by atomic mass is 10.1. The Labute approximate surface area is 109 Å². The second-order valence-electron chi connectivity index (χ2n) is 4.01. The molecule has 2 aromatic rings. The van der Waals surface area contributed by atoms with E-state index in [0.717, 1.165) is 17.4 Å². The highest BCUT2D eigenvalue weighted by Gasteiger charge is 2.05. The molecule has 0 amide bonds. The van der Waals surface area contributed by atoms with Crippen molar-refractivity contribution in [1.82, 2.24) is 9.55 Å². The first-order valence-electron chi connectivity index (χ1n) is 5.73. The molecule has 1 heterocycles. The number of aryl methyl sites for hydroxylation is 1. The van der Waals surface area contributed by atoms with Crippen molar-refractivity contribution in [2.45, 2.75) is 19.8 Å². The van der Waals surface area contributed by atoms with Gasteiger partial charge in [0.2, 0.25) is 0 Å². The van der Waals surface area contributed by atoms with Crippen LogP contribution in [0, 0.1) is 0 Å². The number of hydrogen-bond donors (Lipinski definition) is 1. The van der Waals surface area contributed by atoms with Crippen molar-refractivity contribution in [3.63, 3.8) is 0 Å². The first-order chi connectivity index (χ1) is 8.61. The molecule has 4 nitrogen and oxygen atoms in total. The van der Waals surface area contributed by atoms with E-state index in [1.54, 1.807) is 12.1 Å². The Bertz CT molecular complexity index is 625. The summed E-state index contributed by atoms with van der Waals surface area (Å²) in [6.07, 6.45) is 2.03. The first kappa shape index (κ1) is 12.6. The van der Waals surface area contributed by atoms with Crippen LogP contribution in [0.2, 0.25) is 5.15 Å². The molecular formula is C13H13ClN2O2. The smallest absolute Gasteiger partial charge is 0.297 e. The van der Waals surface area contributed by atoms with Crippen LogP contribution in [0.1, 0.15) is 18.9 Å². The van der Waals surface area contributed by atoms with Crippen LogP contribution >= 0.6 is 11.6 Å². The van der Waals surface area contributed by atoms with Crippen molar-refractivity contribution < 1.29 is 0 Å². The number of H-pyrrole nitrogens is 1. The molecule has 94 valence electrons. The van der Waals surface area contributed by atoms with Gasteiger partial charge in [0.05, 0.1) is 5.69 Å². The zero-order valence-corrected chi connectivity index (χ0v) is 10.7. The summed E-state index contributed by atoms with van der Waals surface area (Å²) >= 11 is 5.61. The molecule has 0 fully saturated rings. The molecule has 2 rings (SSSR count). The average molecular weight is 265 g/mol. The first-order valence-corrected chi connectivity index (χ1v) is 6.11. The number of aromatic nitrogens is 2. The SMILES string of the molecule is CCCc1ccc(-n2c(=O)cc(Cl)[nH]c2=O)cc1. The van der Waals surface area contributed by atoms with Gasteiger partial charge in [0.15, 0.2) is 0 Å². The summed E-state index contributed by atoms with van der Waals surface area (Å²) in [6.45, 7) is 2.10. The summed E-state index contributed by atoms with van der Waals surface area (Å²) in [5.74, 6) is 0. The van der Waals surface area contributed by atoms with Gasteiger partial charge in [-0.1, -0.05) is 37.1 Å². The van der Waals surface area contributed by atoms with Crippen LogP contribution < -0.4 is 11.2 Å². The lowest BCUT2D eigenvalue weighted by molar-refractivity contribution is 0.871. The summed E-state index contributed by atoms with van der Waals surface area (Å²) in [5, 5.41) is 0.0452. The van der Waals surface area contributed by atoms with Crippen molar-refractivity contribution in [2.24, 2.45) is 0 Å². The van der Waals surface area contributed by atoms with Gasteiger partial charge in [-0.05, 0) is 24.1 Å². The van der Waals surface area contributed by atoms with E-state index in [1.807, 2.05) is 12.1 Å². The number of benzene rings is 1. The van der Waals surface area contributed by atoms with Crippen molar-refractivity contribution in [3.05, 3.63) is 61.9 Å². The minimum Gasteiger partial charge on any atom is -0.297 e. The molecule has 0 bridgehead atoms. The van der Waals surface area contributed by atoms with Gasteiger partial charge in [0.25, 0.3) is 5.56 Å². The number of nitrogens with zero attached hydrogens (tertiary/aromatic N) is 1. The van der Waals surface area contributed by atoms with Crippen molar-refractivity contribution in [2.75, 3.05) is 0 Å². The topological polar surface area (TPSA) is 54.9 Å². The van der Waals surface area contributed by atoms with Crippen molar-refractivity contribution in [3.8, 4) is 5.69 Å². The Balaban J connectivity index is 2.49. The number of nitrogens with one attached hydrogen (secondary N) is 1. The summed E-state index contributed by atoms with van der Waals surface area (Å²) in [7, 11) is 0. The lowest BCUT2D eigenvalue weighted by Gasteiger charge is -2.05. The maximum atomic E-state index is 11.7. The van der Waals surface area contributed by atoms with Gasteiger partial charge < -0.3 is 0 Å². The fourth-order valence-electron chi connectivity index (χ4n) is 1.81. The molecule has 0 aliphatic rings. The molecule has 1 N–H and O–H groups in total. The van der Waals surface area contributed by atoms with Crippen molar-refractivity contribution in [1.29, 1.82) is 0 Å². The fourth-order valence-corrected chi connectivity index (χ4v) is 1.99. The molecule has 0 aliphatic heterocycles. The molecule has 0 aliphatic carbocycles. The molecule has 0 spiro atoms.